The van der Waals surface area contributed by atoms with Crippen LogP contribution in [0.15, 0.2) is 53.1 Å². The fourth-order valence-corrected chi connectivity index (χ4v) is 3.69. The molecule has 0 aliphatic heterocycles. The van der Waals surface area contributed by atoms with Gasteiger partial charge in [0.25, 0.3) is 0 Å². The van der Waals surface area contributed by atoms with Crippen molar-refractivity contribution in [2.75, 3.05) is 6.54 Å². The van der Waals surface area contributed by atoms with E-state index < -0.39 is 0 Å². The summed E-state index contributed by atoms with van der Waals surface area (Å²) in [6.45, 7) is 2.78. The third-order valence-corrected chi connectivity index (χ3v) is 5.19. The molecule has 0 saturated heterocycles. The second-order valence-electron chi connectivity index (χ2n) is 7.02. The van der Waals surface area contributed by atoms with Crippen LogP contribution in [0, 0.1) is 0 Å². The summed E-state index contributed by atoms with van der Waals surface area (Å²) in [4.78, 5) is 12.4. The van der Waals surface area contributed by atoms with Gasteiger partial charge in [0, 0.05) is 17.5 Å². The molecule has 0 bridgehead atoms. The molecule has 25 heavy (non-hydrogen) atoms. The van der Waals surface area contributed by atoms with E-state index in [0.29, 0.717) is 18.9 Å². The van der Waals surface area contributed by atoms with Crippen LogP contribution in [-0.4, -0.2) is 12.5 Å². The molecule has 0 radical (unpaired) electrons. The van der Waals surface area contributed by atoms with E-state index in [2.05, 4.69) is 36.5 Å². The van der Waals surface area contributed by atoms with Gasteiger partial charge < -0.3 is 9.73 Å². The Morgan fingerprint density at radius 2 is 1.92 bits per heavy atom. The molecule has 1 amide bonds. The minimum absolute atomic E-state index is 0.0472. The van der Waals surface area contributed by atoms with E-state index in [1.165, 1.54) is 23.1 Å². The van der Waals surface area contributed by atoms with Gasteiger partial charge in [-0.25, -0.2) is 0 Å². The molecular weight excluding hydrogens is 310 g/mol. The van der Waals surface area contributed by atoms with Crippen LogP contribution in [0.5, 0.6) is 0 Å². The zero-order chi connectivity index (χ0) is 17.2. The van der Waals surface area contributed by atoms with Crippen molar-refractivity contribution in [1.82, 2.24) is 5.32 Å². The van der Waals surface area contributed by atoms with Crippen molar-refractivity contribution in [3.63, 3.8) is 0 Å². The first-order chi connectivity index (χ1) is 12.2. The second-order valence-corrected chi connectivity index (χ2v) is 7.02. The lowest BCUT2D eigenvalue weighted by atomic mass is 10.0. The van der Waals surface area contributed by atoms with Crippen LogP contribution in [0.3, 0.4) is 0 Å². The highest BCUT2D eigenvalue weighted by atomic mass is 16.3. The normalized spacial score (nSPS) is 14.4. The van der Waals surface area contributed by atoms with Gasteiger partial charge in [-0.15, -0.1) is 0 Å². The van der Waals surface area contributed by atoms with E-state index in [0.717, 1.165) is 29.4 Å². The van der Waals surface area contributed by atoms with E-state index >= 15 is 0 Å². The summed E-state index contributed by atoms with van der Waals surface area (Å²) in [7, 11) is 0. The molecular formula is C22H23NO2. The molecule has 1 heterocycles. The lowest BCUT2D eigenvalue weighted by Gasteiger charge is -2.12. The Hall–Kier alpha value is -2.55. The van der Waals surface area contributed by atoms with E-state index in [9.17, 15) is 4.79 Å². The van der Waals surface area contributed by atoms with Crippen molar-refractivity contribution in [3.8, 4) is 0 Å². The van der Waals surface area contributed by atoms with Crippen molar-refractivity contribution < 1.29 is 9.21 Å². The number of amides is 1. The Morgan fingerprint density at radius 1 is 1.16 bits per heavy atom. The summed E-state index contributed by atoms with van der Waals surface area (Å²) in [5.41, 5.74) is 5.94. The quantitative estimate of drug-likeness (QED) is 0.753. The lowest BCUT2D eigenvalue weighted by molar-refractivity contribution is -0.120. The molecule has 0 fully saturated rings. The topological polar surface area (TPSA) is 42.2 Å². The number of carbonyl (C=O) groups excluding carboxylic acids is 1. The van der Waals surface area contributed by atoms with Crippen LogP contribution in [0.2, 0.25) is 0 Å². The summed E-state index contributed by atoms with van der Waals surface area (Å²) in [6, 6.07) is 14.6. The number of hydrogen-bond acceptors (Lipinski definition) is 2. The molecule has 1 atom stereocenters. The summed E-state index contributed by atoms with van der Waals surface area (Å²) < 4.78 is 5.69. The molecule has 1 aliphatic rings. The predicted octanol–water partition coefficient (Wildman–Crippen LogP) is 4.38. The average Bonchev–Trinajstić information content (AvgIpc) is 3.25. The summed E-state index contributed by atoms with van der Waals surface area (Å²) in [6.07, 6.45) is 5.60. The molecule has 3 aromatic rings. The highest BCUT2D eigenvalue weighted by Crippen LogP contribution is 2.30. The number of carbonyl (C=O) groups is 1. The molecule has 0 saturated carbocycles. The first-order valence-corrected chi connectivity index (χ1v) is 9.04. The Labute approximate surface area is 148 Å². The van der Waals surface area contributed by atoms with Gasteiger partial charge in [0.05, 0.1) is 12.7 Å². The highest BCUT2D eigenvalue weighted by molar-refractivity contribution is 5.88. The summed E-state index contributed by atoms with van der Waals surface area (Å²) >= 11 is 0. The maximum absolute atomic E-state index is 12.4. The minimum atomic E-state index is 0.0472. The Morgan fingerprint density at radius 3 is 2.72 bits per heavy atom. The van der Waals surface area contributed by atoms with Crippen molar-refractivity contribution >= 4 is 16.9 Å². The minimum Gasteiger partial charge on any atom is -0.464 e. The fraction of sp³-hybridized carbons (Fsp3) is 0.318. The van der Waals surface area contributed by atoms with Crippen molar-refractivity contribution in [2.24, 2.45) is 0 Å². The van der Waals surface area contributed by atoms with Gasteiger partial charge in [-0.1, -0.05) is 37.3 Å². The maximum Gasteiger partial charge on any atom is 0.224 e. The smallest absolute Gasteiger partial charge is 0.224 e. The zero-order valence-electron chi connectivity index (χ0n) is 14.5. The molecule has 1 unspecified atom stereocenters. The van der Waals surface area contributed by atoms with E-state index in [1.54, 1.807) is 6.26 Å². The molecule has 1 aliphatic carbocycles. The van der Waals surface area contributed by atoms with Gasteiger partial charge in [-0.3, -0.25) is 4.79 Å². The molecule has 2 aromatic carbocycles. The monoisotopic (exact) mass is 333 g/mol. The number of fused-ring (bicyclic) bond motifs is 2. The predicted molar refractivity (Wildman–Crippen MR) is 99.8 cm³/mol. The Balaban J connectivity index is 1.42. The van der Waals surface area contributed by atoms with Gasteiger partial charge in [-0.2, -0.15) is 0 Å². The van der Waals surface area contributed by atoms with Crippen LogP contribution in [-0.2, 0) is 24.1 Å². The number of rotatable bonds is 5. The van der Waals surface area contributed by atoms with Gasteiger partial charge in [0.15, 0.2) is 0 Å². The number of nitrogens with one attached hydrogen (secondary N) is 1. The standard InChI is InChI=1S/C22H23NO2/c1-15(16-6-3-2-4-7-16)13-23-22(24)12-19-14-25-21-11-18-9-5-8-17(18)10-20(19)21/h2-4,6-7,10-11,14-15H,5,8-9,12-13H2,1H3,(H,23,24). The summed E-state index contributed by atoms with van der Waals surface area (Å²) in [5.74, 6) is 0.348. The van der Waals surface area contributed by atoms with Crippen molar-refractivity contribution in [2.45, 2.75) is 38.5 Å². The van der Waals surface area contributed by atoms with Crippen LogP contribution in [0.1, 0.15) is 41.5 Å². The van der Waals surface area contributed by atoms with Gasteiger partial charge >= 0.3 is 0 Å². The maximum atomic E-state index is 12.4. The lowest BCUT2D eigenvalue weighted by Crippen LogP contribution is -2.28. The number of benzene rings is 2. The first-order valence-electron chi connectivity index (χ1n) is 9.04. The van der Waals surface area contributed by atoms with E-state index in [-0.39, 0.29) is 5.91 Å². The van der Waals surface area contributed by atoms with Gasteiger partial charge in [0.1, 0.15) is 5.58 Å². The van der Waals surface area contributed by atoms with E-state index in [1.807, 2.05) is 18.2 Å². The largest absolute Gasteiger partial charge is 0.464 e. The number of aryl methyl sites for hydroxylation is 2. The Kier molecular flexibility index (Phi) is 4.31. The fourth-order valence-electron chi connectivity index (χ4n) is 3.69. The molecule has 1 aromatic heterocycles. The van der Waals surface area contributed by atoms with Crippen LogP contribution < -0.4 is 5.32 Å². The molecule has 3 nitrogen and oxygen atoms in total. The van der Waals surface area contributed by atoms with Gasteiger partial charge in [0.2, 0.25) is 5.91 Å². The molecule has 3 heteroatoms. The SMILES string of the molecule is CC(CNC(=O)Cc1coc2cc3c(cc12)CCC3)c1ccccc1. The third-order valence-electron chi connectivity index (χ3n) is 5.19. The first kappa shape index (κ1) is 15.9. The van der Waals surface area contributed by atoms with Crippen molar-refractivity contribution in [1.29, 1.82) is 0 Å². The number of hydrogen-bond donors (Lipinski definition) is 1. The molecule has 1 N–H and O–H groups in total. The zero-order valence-corrected chi connectivity index (χ0v) is 14.5. The van der Waals surface area contributed by atoms with E-state index in [4.69, 9.17) is 4.42 Å². The molecule has 0 spiro atoms. The van der Waals surface area contributed by atoms with Gasteiger partial charge in [-0.05, 0) is 54.0 Å². The average molecular weight is 333 g/mol. The number of furan rings is 1. The highest BCUT2D eigenvalue weighted by Gasteiger charge is 2.17. The van der Waals surface area contributed by atoms with Crippen LogP contribution in [0.4, 0.5) is 0 Å². The van der Waals surface area contributed by atoms with Crippen molar-refractivity contribution in [3.05, 3.63) is 71.0 Å². The third kappa shape index (κ3) is 3.32. The summed E-state index contributed by atoms with van der Waals surface area (Å²) in [5, 5.41) is 4.15. The molecule has 4 rings (SSSR count). The van der Waals surface area contributed by atoms with Crippen LogP contribution >= 0.6 is 0 Å². The second kappa shape index (κ2) is 6.75. The Bertz CT molecular complexity index is 895. The molecule has 128 valence electrons. The van der Waals surface area contributed by atoms with Crippen LogP contribution in [0.25, 0.3) is 11.0 Å².